The fourth-order valence-corrected chi connectivity index (χ4v) is 7.51. The van der Waals surface area contributed by atoms with Crippen molar-refractivity contribution in [3.05, 3.63) is 11.6 Å². The Balaban J connectivity index is 1.57. The summed E-state index contributed by atoms with van der Waals surface area (Å²) in [5, 5.41) is 33.2. The number of carbonyl (C=O) groups excluding carboxylic acids is 1. The van der Waals surface area contributed by atoms with Gasteiger partial charge in [-0.05, 0) is 43.8 Å². The van der Waals surface area contributed by atoms with Gasteiger partial charge in [0.15, 0.2) is 11.6 Å². The minimum Gasteiger partial charge on any atom is -0.457 e. The van der Waals surface area contributed by atoms with E-state index < -0.39 is 40.6 Å². The van der Waals surface area contributed by atoms with Crippen molar-refractivity contribution in [2.45, 2.75) is 63.3 Å². The van der Waals surface area contributed by atoms with Gasteiger partial charge in [0.05, 0.1) is 24.7 Å². The third-order valence-corrected chi connectivity index (χ3v) is 9.27. The maximum atomic E-state index is 12.9. The van der Waals surface area contributed by atoms with E-state index in [1.165, 1.54) is 0 Å². The van der Waals surface area contributed by atoms with Crippen molar-refractivity contribution in [3.8, 4) is 0 Å². The Kier molecular flexibility index (Phi) is 2.78. The van der Waals surface area contributed by atoms with Crippen LogP contribution in [0.4, 0.5) is 0 Å². The van der Waals surface area contributed by atoms with Gasteiger partial charge in [0, 0.05) is 17.8 Å². The highest BCUT2D eigenvalue weighted by Gasteiger charge is 2.80. The molecule has 2 saturated carbocycles. The lowest BCUT2D eigenvalue weighted by Crippen LogP contribution is -2.73. The van der Waals surface area contributed by atoms with Crippen molar-refractivity contribution in [1.82, 2.24) is 0 Å². The lowest BCUT2D eigenvalue weighted by Gasteiger charge is -2.66. The zero-order valence-corrected chi connectivity index (χ0v) is 15.6. The van der Waals surface area contributed by atoms with Gasteiger partial charge in [-0.1, -0.05) is 6.92 Å². The molecule has 0 aromatic carbocycles. The SMILES string of the molecule is C[C@@]12CC[C@@H]3C(=C[C@H]4OC(=O)[C@]5(C)[C@H]4[C@]34CCC5(O)OC4)[C@]1(O)OC[C@H]2O. The molecule has 0 amide bonds. The summed E-state index contributed by atoms with van der Waals surface area (Å²) in [5.41, 5.74) is -1.54. The number of aliphatic hydroxyl groups is 3. The van der Waals surface area contributed by atoms with Gasteiger partial charge in [-0.3, -0.25) is 4.79 Å². The fourth-order valence-electron chi connectivity index (χ4n) is 7.51. The van der Waals surface area contributed by atoms with Gasteiger partial charge in [0.2, 0.25) is 0 Å². The largest absolute Gasteiger partial charge is 0.457 e. The molecule has 7 rings (SSSR count). The van der Waals surface area contributed by atoms with Crippen LogP contribution in [0.25, 0.3) is 0 Å². The van der Waals surface area contributed by atoms with E-state index in [-0.39, 0.29) is 23.9 Å². The number of carbonyl (C=O) groups is 1. The topological polar surface area (TPSA) is 105 Å². The molecule has 6 fully saturated rings. The van der Waals surface area contributed by atoms with Crippen LogP contribution in [0.3, 0.4) is 0 Å². The molecule has 3 N–H and O–H groups in total. The van der Waals surface area contributed by atoms with Gasteiger partial charge in [-0.2, -0.15) is 0 Å². The summed E-state index contributed by atoms with van der Waals surface area (Å²) >= 11 is 0. The average Bonchev–Trinajstić information content (AvgIpc) is 3.05. The first-order valence-corrected chi connectivity index (χ1v) is 9.96. The first-order valence-electron chi connectivity index (χ1n) is 9.96. The van der Waals surface area contributed by atoms with Crippen molar-refractivity contribution >= 4 is 5.97 Å². The first kappa shape index (κ1) is 16.9. The van der Waals surface area contributed by atoms with Crippen molar-refractivity contribution in [1.29, 1.82) is 0 Å². The Morgan fingerprint density at radius 1 is 1.15 bits per heavy atom. The van der Waals surface area contributed by atoms with E-state index in [2.05, 4.69) is 0 Å². The van der Waals surface area contributed by atoms with Crippen LogP contribution in [0.5, 0.6) is 0 Å². The second kappa shape index (κ2) is 4.44. The van der Waals surface area contributed by atoms with E-state index in [0.717, 1.165) is 12.0 Å². The van der Waals surface area contributed by atoms with E-state index in [9.17, 15) is 20.1 Å². The average molecular weight is 378 g/mol. The standard InChI is InChI=1S/C20H26O7/c1-16-4-3-10-11(20(16,24)25-8-13(16)21)7-12-14-17(2,15(22)27-12)19(23)6-5-18(10,14)9-26-19/h7,10,12-14,21,23-24H,3-6,8-9H2,1-2H3/t10-,12-,13-,14+,16+,17+,18+,19?,20+/m1/s1. The van der Waals surface area contributed by atoms with E-state index in [4.69, 9.17) is 14.2 Å². The summed E-state index contributed by atoms with van der Waals surface area (Å²) < 4.78 is 17.5. The van der Waals surface area contributed by atoms with Crippen LogP contribution in [0.15, 0.2) is 11.6 Å². The summed E-state index contributed by atoms with van der Waals surface area (Å²) in [4.78, 5) is 12.9. The Labute approximate surface area is 157 Å². The molecule has 0 radical (unpaired) electrons. The molecule has 4 heterocycles. The van der Waals surface area contributed by atoms with E-state index >= 15 is 0 Å². The van der Waals surface area contributed by atoms with E-state index in [1.807, 2.05) is 13.0 Å². The molecule has 7 nitrogen and oxygen atoms in total. The molecule has 9 atom stereocenters. The minimum atomic E-state index is -1.56. The predicted octanol–water partition coefficient (Wildman–Crippen LogP) is 0.469. The molecule has 0 aromatic rings. The van der Waals surface area contributed by atoms with Crippen molar-refractivity contribution < 1.29 is 34.3 Å². The number of rotatable bonds is 0. The van der Waals surface area contributed by atoms with Crippen LogP contribution >= 0.6 is 0 Å². The van der Waals surface area contributed by atoms with Crippen LogP contribution in [0.2, 0.25) is 0 Å². The molecule has 7 aliphatic rings. The number of esters is 1. The second-order valence-electron chi connectivity index (χ2n) is 9.96. The number of fused-ring (bicyclic) bond motifs is 5. The molecule has 27 heavy (non-hydrogen) atoms. The highest BCUT2D eigenvalue weighted by atomic mass is 16.6. The minimum absolute atomic E-state index is 0.0270. The highest BCUT2D eigenvalue weighted by molar-refractivity contribution is 5.82. The zero-order valence-electron chi connectivity index (χ0n) is 15.6. The van der Waals surface area contributed by atoms with Crippen LogP contribution in [-0.4, -0.2) is 58.3 Å². The Morgan fingerprint density at radius 2 is 1.93 bits per heavy atom. The smallest absolute Gasteiger partial charge is 0.318 e. The maximum absolute atomic E-state index is 12.9. The Morgan fingerprint density at radius 3 is 2.63 bits per heavy atom. The third-order valence-electron chi connectivity index (χ3n) is 9.27. The number of ether oxygens (including phenoxy) is 3. The Bertz CT molecular complexity index is 783. The van der Waals surface area contributed by atoms with Gasteiger partial charge in [0.1, 0.15) is 11.5 Å². The Hall–Kier alpha value is -0.990. The van der Waals surface area contributed by atoms with Crippen molar-refractivity contribution in [2.75, 3.05) is 13.2 Å². The normalized spacial score (nSPS) is 63.1. The molecule has 1 spiro atoms. The van der Waals surface area contributed by atoms with E-state index in [0.29, 0.717) is 25.9 Å². The summed E-state index contributed by atoms with van der Waals surface area (Å²) in [6.45, 7) is 4.07. The van der Waals surface area contributed by atoms with E-state index in [1.54, 1.807) is 6.92 Å². The predicted molar refractivity (Wildman–Crippen MR) is 89.9 cm³/mol. The molecule has 0 aromatic heterocycles. The van der Waals surface area contributed by atoms with Gasteiger partial charge >= 0.3 is 5.97 Å². The molecule has 2 bridgehead atoms. The molecular formula is C20H26O7. The van der Waals surface area contributed by atoms with Crippen molar-refractivity contribution in [2.24, 2.45) is 28.1 Å². The first-order chi connectivity index (χ1) is 12.6. The number of hydrogen-bond donors (Lipinski definition) is 3. The molecule has 3 aliphatic carbocycles. The second-order valence-corrected chi connectivity index (χ2v) is 9.96. The lowest BCUT2D eigenvalue weighted by atomic mass is 9.41. The van der Waals surface area contributed by atoms with Gasteiger partial charge in [-0.25, -0.2) is 0 Å². The van der Waals surface area contributed by atoms with Gasteiger partial charge < -0.3 is 29.5 Å². The summed E-state index contributed by atoms with van der Waals surface area (Å²) in [5.74, 6) is -3.69. The maximum Gasteiger partial charge on any atom is 0.318 e. The molecule has 4 saturated heterocycles. The van der Waals surface area contributed by atoms with Crippen LogP contribution in [-0.2, 0) is 19.0 Å². The summed E-state index contributed by atoms with van der Waals surface area (Å²) in [6.07, 6.45) is 3.09. The third kappa shape index (κ3) is 1.47. The molecular weight excluding hydrogens is 352 g/mol. The fraction of sp³-hybridized carbons (Fsp3) is 0.850. The van der Waals surface area contributed by atoms with Gasteiger partial charge in [0.25, 0.3) is 0 Å². The van der Waals surface area contributed by atoms with Crippen LogP contribution in [0, 0.1) is 28.1 Å². The monoisotopic (exact) mass is 378 g/mol. The summed E-state index contributed by atoms with van der Waals surface area (Å²) in [6, 6.07) is 0. The lowest BCUT2D eigenvalue weighted by molar-refractivity contribution is -0.370. The quantitative estimate of drug-likeness (QED) is 0.416. The number of aliphatic hydroxyl groups excluding tert-OH is 1. The summed E-state index contributed by atoms with van der Waals surface area (Å²) in [7, 11) is 0. The molecule has 148 valence electrons. The number of hydrogen-bond acceptors (Lipinski definition) is 7. The zero-order chi connectivity index (χ0) is 19.0. The van der Waals surface area contributed by atoms with Crippen LogP contribution in [0.1, 0.15) is 39.5 Å². The van der Waals surface area contributed by atoms with Crippen LogP contribution < -0.4 is 0 Å². The molecule has 4 aliphatic heterocycles. The molecule has 1 unspecified atom stereocenters. The molecule has 7 heteroatoms. The highest BCUT2D eigenvalue weighted by Crippen LogP contribution is 2.73. The van der Waals surface area contributed by atoms with Crippen molar-refractivity contribution in [3.63, 3.8) is 0 Å². The van der Waals surface area contributed by atoms with Gasteiger partial charge in [-0.15, -0.1) is 0 Å².